The summed E-state index contributed by atoms with van der Waals surface area (Å²) in [5.41, 5.74) is 1.08. The molecule has 2 N–H and O–H groups in total. The maximum atomic E-state index is 13.8. The highest BCUT2D eigenvalue weighted by Gasteiger charge is 2.39. The van der Waals surface area contributed by atoms with E-state index in [1.807, 2.05) is 24.3 Å². The summed E-state index contributed by atoms with van der Waals surface area (Å²) in [6.45, 7) is 4.10. The number of ether oxygens (including phenoxy) is 1. The van der Waals surface area contributed by atoms with Crippen molar-refractivity contribution in [3.05, 3.63) is 66.2 Å². The molecule has 5 nitrogen and oxygen atoms in total. The number of urea groups is 1. The van der Waals surface area contributed by atoms with E-state index in [0.717, 1.165) is 29.2 Å². The van der Waals surface area contributed by atoms with Gasteiger partial charge in [0.2, 0.25) is 0 Å². The standard InChI is InChI=1S/C23H24FN3O2/c1-3-23(4-2)13-20(18-9-8-16(24)12-21(18)29-23)27-22(28)26-19-7-5-6-15-14-25-11-10-17(15)19/h5-12,14,20H,3-4,13H2,1-2H3,(H2,26,27,28)/t20-/m1/s1. The second-order valence-electron chi connectivity index (χ2n) is 7.43. The summed E-state index contributed by atoms with van der Waals surface area (Å²) in [7, 11) is 0. The fraction of sp³-hybridized carbons (Fsp3) is 0.304. The second kappa shape index (κ2) is 7.70. The Labute approximate surface area is 169 Å². The lowest BCUT2D eigenvalue weighted by Gasteiger charge is -2.41. The molecule has 3 aromatic rings. The zero-order valence-electron chi connectivity index (χ0n) is 16.5. The lowest BCUT2D eigenvalue weighted by molar-refractivity contribution is 0.0243. The maximum absolute atomic E-state index is 13.8. The van der Waals surface area contributed by atoms with Gasteiger partial charge >= 0.3 is 6.03 Å². The van der Waals surface area contributed by atoms with E-state index < -0.39 is 5.60 Å². The number of nitrogens with one attached hydrogen (secondary N) is 2. The number of amides is 2. The van der Waals surface area contributed by atoms with Gasteiger partial charge in [0.05, 0.1) is 11.7 Å². The topological polar surface area (TPSA) is 63.2 Å². The van der Waals surface area contributed by atoms with Crippen molar-refractivity contribution in [1.29, 1.82) is 0 Å². The number of hydrogen-bond donors (Lipinski definition) is 2. The van der Waals surface area contributed by atoms with Gasteiger partial charge in [-0.15, -0.1) is 0 Å². The zero-order valence-corrected chi connectivity index (χ0v) is 16.5. The minimum atomic E-state index is -0.427. The van der Waals surface area contributed by atoms with Crippen LogP contribution >= 0.6 is 0 Å². The zero-order chi connectivity index (χ0) is 20.4. The Kier molecular flexibility index (Phi) is 5.09. The summed E-state index contributed by atoms with van der Waals surface area (Å²) in [4.78, 5) is 17.0. The number of rotatable bonds is 4. The third kappa shape index (κ3) is 3.75. The first-order valence-electron chi connectivity index (χ1n) is 9.92. The van der Waals surface area contributed by atoms with Gasteiger partial charge in [-0.2, -0.15) is 0 Å². The molecular weight excluding hydrogens is 369 g/mol. The van der Waals surface area contributed by atoms with E-state index >= 15 is 0 Å². The Morgan fingerprint density at radius 3 is 2.86 bits per heavy atom. The van der Waals surface area contributed by atoms with Gasteiger partial charge in [-0.1, -0.05) is 32.0 Å². The molecule has 4 rings (SSSR count). The Balaban J connectivity index is 1.60. The fourth-order valence-electron chi connectivity index (χ4n) is 4.00. The fourth-order valence-corrected chi connectivity index (χ4v) is 4.00. The minimum absolute atomic E-state index is 0.268. The van der Waals surface area contributed by atoms with E-state index in [9.17, 15) is 9.18 Å². The molecule has 6 heteroatoms. The van der Waals surface area contributed by atoms with Gasteiger partial charge in [-0.05, 0) is 31.0 Å². The molecule has 0 unspecified atom stereocenters. The van der Waals surface area contributed by atoms with Crippen molar-refractivity contribution >= 4 is 22.5 Å². The van der Waals surface area contributed by atoms with E-state index in [2.05, 4.69) is 29.5 Å². The number of hydrogen-bond acceptors (Lipinski definition) is 3. The second-order valence-corrected chi connectivity index (χ2v) is 7.43. The van der Waals surface area contributed by atoms with Crippen LogP contribution in [0, 0.1) is 5.82 Å². The van der Waals surface area contributed by atoms with Crippen molar-refractivity contribution in [3.8, 4) is 5.75 Å². The summed E-state index contributed by atoms with van der Waals surface area (Å²) in [6, 6.07) is 11.5. The van der Waals surface area contributed by atoms with E-state index in [4.69, 9.17) is 4.74 Å². The van der Waals surface area contributed by atoms with Crippen LogP contribution in [0.3, 0.4) is 0 Å². The van der Waals surface area contributed by atoms with Crippen molar-refractivity contribution in [2.24, 2.45) is 0 Å². The summed E-state index contributed by atoms with van der Waals surface area (Å²) < 4.78 is 20.0. The number of benzene rings is 2. The summed E-state index contributed by atoms with van der Waals surface area (Å²) in [6.07, 6.45) is 5.64. The summed E-state index contributed by atoms with van der Waals surface area (Å²) >= 11 is 0. The van der Waals surface area contributed by atoms with Gasteiger partial charge in [0.15, 0.2) is 0 Å². The largest absolute Gasteiger partial charge is 0.487 e. The van der Waals surface area contributed by atoms with Crippen LogP contribution < -0.4 is 15.4 Å². The van der Waals surface area contributed by atoms with Crippen LogP contribution in [0.15, 0.2) is 54.9 Å². The van der Waals surface area contributed by atoms with Gasteiger partial charge in [0, 0.05) is 41.2 Å². The molecule has 1 aliphatic rings. The first-order valence-corrected chi connectivity index (χ1v) is 9.92. The number of anilines is 1. The highest BCUT2D eigenvalue weighted by Crippen LogP contribution is 2.43. The molecule has 0 saturated heterocycles. The molecule has 150 valence electrons. The Bertz CT molecular complexity index is 1040. The highest BCUT2D eigenvalue weighted by atomic mass is 19.1. The molecule has 0 fully saturated rings. The maximum Gasteiger partial charge on any atom is 0.319 e. The molecule has 0 spiro atoms. The van der Waals surface area contributed by atoms with Gasteiger partial charge in [0.25, 0.3) is 0 Å². The van der Waals surface area contributed by atoms with Crippen molar-refractivity contribution in [3.63, 3.8) is 0 Å². The van der Waals surface area contributed by atoms with Crippen LogP contribution in [0.1, 0.15) is 44.7 Å². The average Bonchev–Trinajstić information content (AvgIpc) is 2.73. The number of nitrogens with zero attached hydrogens (tertiary/aromatic N) is 1. The third-order valence-corrected chi connectivity index (χ3v) is 5.78. The molecule has 2 aromatic carbocycles. The molecule has 0 aliphatic carbocycles. The predicted octanol–water partition coefficient (Wildman–Crippen LogP) is 5.58. The number of aromatic nitrogens is 1. The molecule has 0 bridgehead atoms. The van der Waals surface area contributed by atoms with Crippen molar-refractivity contribution < 1.29 is 13.9 Å². The van der Waals surface area contributed by atoms with E-state index in [1.165, 1.54) is 12.1 Å². The lowest BCUT2D eigenvalue weighted by atomic mass is 9.83. The van der Waals surface area contributed by atoms with E-state index in [1.54, 1.807) is 18.5 Å². The minimum Gasteiger partial charge on any atom is -0.487 e. The summed E-state index contributed by atoms with van der Waals surface area (Å²) in [5.74, 6) is 0.154. The molecular formula is C23H24FN3O2. The van der Waals surface area contributed by atoms with Gasteiger partial charge in [-0.25, -0.2) is 9.18 Å². The van der Waals surface area contributed by atoms with Gasteiger partial charge < -0.3 is 15.4 Å². The number of halogens is 1. The monoisotopic (exact) mass is 393 g/mol. The number of carbonyl (C=O) groups is 1. The van der Waals surface area contributed by atoms with Crippen LogP contribution in [-0.4, -0.2) is 16.6 Å². The molecule has 29 heavy (non-hydrogen) atoms. The number of fused-ring (bicyclic) bond motifs is 2. The lowest BCUT2D eigenvalue weighted by Crippen LogP contribution is -2.45. The van der Waals surface area contributed by atoms with E-state index in [0.29, 0.717) is 17.9 Å². The first kappa shape index (κ1) is 19.2. The number of pyridine rings is 1. The smallest absolute Gasteiger partial charge is 0.319 e. The Morgan fingerprint density at radius 1 is 1.24 bits per heavy atom. The van der Waals surface area contributed by atoms with Crippen LogP contribution in [0.5, 0.6) is 5.75 Å². The molecule has 0 saturated carbocycles. The molecule has 1 atom stereocenters. The highest BCUT2D eigenvalue weighted by molar-refractivity contribution is 6.01. The normalized spacial score (nSPS) is 17.3. The van der Waals surface area contributed by atoms with Crippen molar-refractivity contribution in [1.82, 2.24) is 10.3 Å². The Morgan fingerprint density at radius 2 is 2.07 bits per heavy atom. The van der Waals surface area contributed by atoms with Gasteiger partial charge in [0.1, 0.15) is 17.2 Å². The Hall–Kier alpha value is -3.15. The third-order valence-electron chi connectivity index (χ3n) is 5.78. The van der Waals surface area contributed by atoms with Crippen LogP contribution in [-0.2, 0) is 0 Å². The van der Waals surface area contributed by atoms with Crippen LogP contribution in [0.2, 0.25) is 0 Å². The first-order chi connectivity index (χ1) is 14.0. The molecule has 2 heterocycles. The van der Waals surface area contributed by atoms with E-state index in [-0.39, 0.29) is 17.9 Å². The quantitative estimate of drug-likeness (QED) is 0.608. The number of carbonyl (C=O) groups excluding carboxylic acids is 1. The van der Waals surface area contributed by atoms with Crippen molar-refractivity contribution in [2.75, 3.05) is 5.32 Å². The molecule has 1 aromatic heterocycles. The summed E-state index contributed by atoms with van der Waals surface area (Å²) in [5, 5.41) is 7.88. The molecule has 2 amide bonds. The predicted molar refractivity (Wildman–Crippen MR) is 112 cm³/mol. The van der Waals surface area contributed by atoms with Crippen molar-refractivity contribution in [2.45, 2.75) is 44.8 Å². The van der Waals surface area contributed by atoms with Crippen LogP contribution in [0.4, 0.5) is 14.9 Å². The molecule has 0 radical (unpaired) electrons. The SMILES string of the molecule is CCC1(CC)C[C@@H](NC(=O)Nc2cccc3cnccc23)c2ccc(F)cc2O1. The van der Waals surface area contributed by atoms with Gasteiger partial charge in [-0.3, -0.25) is 4.98 Å². The average molecular weight is 393 g/mol. The van der Waals surface area contributed by atoms with Crippen LogP contribution in [0.25, 0.3) is 10.8 Å². The molecule has 1 aliphatic heterocycles.